The van der Waals surface area contributed by atoms with Gasteiger partial charge in [0.15, 0.2) is 23.0 Å². The molecular formula is C14H12O4. The maximum absolute atomic E-state index is 9.56. The van der Waals surface area contributed by atoms with Crippen molar-refractivity contribution in [1.82, 2.24) is 0 Å². The highest BCUT2D eigenvalue weighted by Crippen LogP contribution is 2.42. The molecule has 0 aliphatic heterocycles. The minimum Gasteiger partial charge on any atom is -0.504 e. The molecule has 0 aromatic heterocycles. The zero-order valence-corrected chi connectivity index (χ0v) is 9.51. The summed E-state index contributed by atoms with van der Waals surface area (Å²) < 4.78 is 0. The summed E-state index contributed by atoms with van der Waals surface area (Å²) in [5.74, 6) is -0.649. The first-order chi connectivity index (χ1) is 8.56. The molecule has 4 nitrogen and oxygen atoms in total. The number of aryl methyl sites for hydroxylation is 2. The fraction of sp³-hybridized carbons (Fsp3) is 0.143. The zero-order chi connectivity index (χ0) is 12.9. The molecule has 0 fully saturated rings. The second-order valence-corrected chi connectivity index (χ2v) is 4.50. The number of hydrogen-bond donors (Lipinski definition) is 4. The SMILES string of the molecule is Oc1cc2c(cc1O)-c1cc(O)c(O)cc1CC2. The van der Waals surface area contributed by atoms with Crippen molar-refractivity contribution in [2.45, 2.75) is 12.8 Å². The molecule has 0 unspecified atom stereocenters. The van der Waals surface area contributed by atoms with Gasteiger partial charge in [-0.3, -0.25) is 0 Å². The van der Waals surface area contributed by atoms with Gasteiger partial charge in [-0.15, -0.1) is 0 Å². The Balaban J connectivity index is 2.28. The number of fused-ring (bicyclic) bond motifs is 3. The predicted octanol–water partition coefficient (Wildman–Crippen LogP) is 2.27. The van der Waals surface area contributed by atoms with E-state index in [1.807, 2.05) is 0 Å². The van der Waals surface area contributed by atoms with E-state index in [0.717, 1.165) is 35.1 Å². The first-order valence-corrected chi connectivity index (χ1v) is 5.66. The molecule has 1 aliphatic carbocycles. The van der Waals surface area contributed by atoms with E-state index in [4.69, 9.17) is 0 Å². The average molecular weight is 244 g/mol. The molecule has 0 bridgehead atoms. The number of phenolic OH excluding ortho intramolecular Hbond substituents is 4. The molecule has 18 heavy (non-hydrogen) atoms. The maximum Gasteiger partial charge on any atom is 0.158 e. The lowest BCUT2D eigenvalue weighted by atomic mass is 9.85. The van der Waals surface area contributed by atoms with E-state index in [9.17, 15) is 20.4 Å². The molecule has 2 aromatic carbocycles. The summed E-state index contributed by atoms with van der Waals surface area (Å²) in [6.07, 6.45) is 1.45. The molecule has 0 atom stereocenters. The van der Waals surface area contributed by atoms with Crippen LogP contribution in [0.15, 0.2) is 24.3 Å². The van der Waals surface area contributed by atoms with Crippen molar-refractivity contribution < 1.29 is 20.4 Å². The number of rotatable bonds is 0. The lowest BCUT2D eigenvalue weighted by Gasteiger charge is -2.21. The highest BCUT2D eigenvalue weighted by Gasteiger charge is 2.20. The molecule has 0 saturated carbocycles. The van der Waals surface area contributed by atoms with Gasteiger partial charge in [0.2, 0.25) is 0 Å². The molecule has 92 valence electrons. The van der Waals surface area contributed by atoms with Gasteiger partial charge in [-0.1, -0.05) is 0 Å². The van der Waals surface area contributed by atoms with Crippen molar-refractivity contribution in [1.29, 1.82) is 0 Å². The van der Waals surface area contributed by atoms with Crippen LogP contribution < -0.4 is 0 Å². The predicted molar refractivity (Wildman–Crippen MR) is 65.9 cm³/mol. The van der Waals surface area contributed by atoms with Crippen molar-refractivity contribution >= 4 is 0 Å². The van der Waals surface area contributed by atoms with Crippen LogP contribution in [0.4, 0.5) is 0 Å². The highest BCUT2D eigenvalue weighted by atomic mass is 16.3. The fourth-order valence-corrected chi connectivity index (χ4v) is 2.42. The van der Waals surface area contributed by atoms with Crippen LogP contribution in [0.2, 0.25) is 0 Å². The minimum atomic E-state index is -0.186. The van der Waals surface area contributed by atoms with E-state index in [-0.39, 0.29) is 23.0 Å². The van der Waals surface area contributed by atoms with Crippen LogP contribution in [0.1, 0.15) is 11.1 Å². The lowest BCUT2D eigenvalue weighted by molar-refractivity contribution is 0.402. The van der Waals surface area contributed by atoms with Crippen molar-refractivity contribution in [3.8, 4) is 34.1 Å². The molecule has 2 aromatic rings. The highest BCUT2D eigenvalue weighted by molar-refractivity contribution is 5.77. The second kappa shape index (κ2) is 3.57. The molecule has 0 heterocycles. The quantitative estimate of drug-likeness (QED) is 0.536. The Morgan fingerprint density at radius 1 is 0.556 bits per heavy atom. The van der Waals surface area contributed by atoms with Crippen LogP contribution in [-0.2, 0) is 12.8 Å². The number of aromatic hydroxyl groups is 4. The van der Waals surface area contributed by atoms with Crippen molar-refractivity contribution in [3.05, 3.63) is 35.4 Å². The Labute approximate surface area is 103 Å². The largest absolute Gasteiger partial charge is 0.504 e. The van der Waals surface area contributed by atoms with Gasteiger partial charge in [0, 0.05) is 0 Å². The molecule has 1 aliphatic rings. The van der Waals surface area contributed by atoms with Crippen molar-refractivity contribution in [2.24, 2.45) is 0 Å². The normalized spacial score (nSPS) is 12.9. The Morgan fingerprint density at radius 3 is 1.28 bits per heavy atom. The Hall–Kier alpha value is -2.36. The summed E-state index contributed by atoms with van der Waals surface area (Å²) in [4.78, 5) is 0. The van der Waals surface area contributed by atoms with Crippen LogP contribution in [0.5, 0.6) is 23.0 Å². The number of hydrogen-bond acceptors (Lipinski definition) is 4. The molecule has 0 radical (unpaired) electrons. The van der Waals surface area contributed by atoms with E-state index in [1.54, 1.807) is 0 Å². The summed E-state index contributed by atoms with van der Waals surface area (Å²) in [7, 11) is 0. The third-order valence-electron chi connectivity index (χ3n) is 3.35. The Kier molecular flexibility index (Phi) is 2.13. The molecule has 0 spiro atoms. The maximum atomic E-state index is 9.56. The monoisotopic (exact) mass is 244 g/mol. The first-order valence-electron chi connectivity index (χ1n) is 5.66. The van der Waals surface area contributed by atoms with Gasteiger partial charge in [-0.25, -0.2) is 0 Å². The Morgan fingerprint density at radius 2 is 0.889 bits per heavy atom. The van der Waals surface area contributed by atoms with E-state index >= 15 is 0 Å². The van der Waals surface area contributed by atoms with Crippen LogP contribution in [0.25, 0.3) is 11.1 Å². The standard InChI is InChI=1S/C14H12O4/c15-11-3-7-1-2-8-4-12(16)14(18)6-10(8)9(7)5-13(11)17/h3-6,15-18H,1-2H2. The van der Waals surface area contributed by atoms with E-state index in [0.29, 0.717) is 0 Å². The summed E-state index contributed by atoms with van der Waals surface area (Å²) in [5, 5.41) is 38.1. The molecule has 4 N–H and O–H groups in total. The lowest BCUT2D eigenvalue weighted by Crippen LogP contribution is -2.03. The van der Waals surface area contributed by atoms with Crippen LogP contribution >= 0.6 is 0 Å². The van der Waals surface area contributed by atoms with Gasteiger partial charge in [0.25, 0.3) is 0 Å². The van der Waals surface area contributed by atoms with Crippen LogP contribution in [-0.4, -0.2) is 20.4 Å². The average Bonchev–Trinajstić information content (AvgIpc) is 2.33. The topological polar surface area (TPSA) is 80.9 Å². The minimum absolute atomic E-state index is 0.139. The summed E-state index contributed by atoms with van der Waals surface area (Å²) >= 11 is 0. The van der Waals surface area contributed by atoms with Crippen molar-refractivity contribution in [2.75, 3.05) is 0 Å². The van der Waals surface area contributed by atoms with Gasteiger partial charge >= 0.3 is 0 Å². The first kappa shape index (κ1) is 10.8. The zero-order valence-electron chi connectivity index (χ0n) is 9.51. The third kappa shape index (κ3) is 1.46. The second-order valence-electron chi connectivity index (χ2n) is 4.50. The number of benzene rings is 2. The third-order valence-corrected chi connectivity index (χ3v) is 3.35. The summed E-state index contributed by atoms with van der Waals surface area (Å²) in [6.45, 7) is 0. The molecule has 3 rings (SSSR count). The van der Waals surface area contributed by atoms with E-state index in [2.05, 4.69) is 0 Å². The Bertz CT molecular complexity index is 589. The number of phenols is 4. The molecule has 0 amide bonds. The van der Waals surface area contributed by atoms with Gasteiger partial charge in [0.1, 0.15) is 0 Å². The molecule has 0 saturated heterocycles. The molecule has 4 heteroatoms. The summed E-state index contributed by atoms with van der Waals surface area (Å²) in [6, 6.07) is 6.05. The van der Waals surface area contributed by atoms with Crippen molar-refractivity contribution in [3.63, 3.8) is 0 Å². The smallest absolute Gasteiger partial charge is 0.158 e. The van der Waals surface area contributed by atoms with Crippen LogP contribution in [0.3, 0.4) is 0 Å². The van der Waals surface area contributed by atoms with Gasteiger partial charge in [-0.2, -0.15) is 0 Å². The molecular weight excluding hydrogens is 232 g/mol. The fourth-order valence-electron chi connectivity index (χ4n) is 2.42. The van der Waals surface area contributed by atoms with Gasteiger partial charge < -0.3 is 20.4 Å². The van der Waals surface area contributed by atoms with E-state index in [1.165, 1.54) is 24.3 Å². The van der Waals surface area contributed by atoms with E-state index < -0.39 is 0 Å². The summed E-state index contributed by atoms with van der Waals surface area (Å²) in [5.41, 5.74) is 3.40. The van der Waals surface area contributed by atoms with Crippen LogP contribution in [0, 0.1) is 0 Å². The van der Waals surface area contributed by atoms with Gasteiger partial charge in [0.05, 0.1) is 0 Å². The van der Waals surface area contributed by atoms with Gasteiger partial charge in [-0.05, 0) is 59.4 Å².